The summed E-state index contributed by atoms with van der Waals surface area (Å²) in [7, 11) is 0. The smallest absolute Gasteiger partial charge is 0.230 e. The summed E-state index contributed by atoms with van der Waals surface area (Å²) >= 11 is 0. The van der Waals surface area contributed by atoms with Crippen molar-refractivity contribution in [3.05, 3.63) is 160 Å². The topological polar surface area (TPSA) is 59.2 Å². The number of aryl methyl sites for hydroxylation is 3. The van der Waals surface area contributed by atoms with Crippen LogP contribution in [0, 0.1) is 32.3 Å². The molecule has 0 unspecified atom stereocenters. The van der Waals surface area contributed by atoms with Crippen molar-refractivity contribution in [3.63, 3.8) is 0 Å². The molecule has 0 atom stereocenters. The van der Waals surface area contributed by atoms with Gasteiger partial charge in [-0.25, -0.2) is 4.98 Å². The number of aromatic hydroxyl groups is 1. The molecule has 5 heteroatoms. The van der Waals surface area contributed by atoms with Crippen LogP contribution in [0.4, 0.5) is 0 Å². The van der Waals surface area contributed by atoms with E-state index in [1.807, 2.05) is 18.3 Å². The fraction of sp³-hybridized carbons (Fsp3) is 0.364. The monoisotopic (exact) mass is 1120 g/mol. The number of oxazole rings is 1. The zero-order valence-corrected chi connectivity index (χ0v) is 45.7. The van der Waals surface area contributed by atoms with Crippen molar-refractivity contribution in [2.75, 3.05) is 0 Å². The van der Waals surface area contributed by atoms with Crippen LogP contribution in [0.1, 0.15) is 151 Å². The number of hydrogen-bond donors (Lipinski definition) is 1. The van der Waals surface area contributed by atoms with Crippen molar-refractivity contribution in [3.8, 4) is 73.0 Å². The van der Waals surface area contributed by atoms with Crippen LogP contribution in [-0.2, 0) is 37.3 Å². The number of phenolic OH excluding ortho intramolecular Hbond substituents is 1. The van der Waals surface area contributed by atoms with Crippen LogP contribution in [-0.4, -0.2) is 15.1 Å². The Bertz CT molecular complexity index is 3330. The predicted octanol–water partition coefficient (Wildman–Crippen LogP) is 18.1. The minimum Gasteiger partial charge on any atom is -0.507 e. The maximum atomic E-state index is 11.7. The van der Waals surface area contributed by atoms with E-state index in [2.05, 4.69) is 172 Å². The Morgan fingerprint density at radius 3 is 2.00 bits per heavy atom. The number of rotatable bonds is 6. The molecule has 11 rings (SSSR count). The second-order valence-electron chi connectivity index (χ2n) is 23.7. The van der Waals surface area contributed by atoms with E-state index in [1.165, 1.54) is 102 Å². The predicted molar refractivity (Wildman–Crippen MR) is 291 cm³/mol. The van der Waals surface area contributed by atoms with Crippen molar-refractivity contribution >= 4 is 11.1 Å². The van der Waals surface area contributed by atoms with Crippen LogP contribution < -0.4 is 0 Å². The Morgan fingerprint density at radius 2 is 1.31 bits per heavy atom. The molecular formula is C66H69N2O2Pt-. The molecule has 71 heavy (non-hydrogen) atoms. The molecule has 2 aromatic heterocycles. The Balaban J connectivity index is 0.00000582. The summed E-state index contributed by atoms with van der Waals surface area (Å²) in [5, 5.41) is 11.7. The molecule has 0 amide bonds. The van der Waals surface area contributed by atoms with Gasteiger partial charge in [-0.15, -0.1) is 29.3 Å². The quantitative estimate of drug-likeness (QED) is 0.169. The molecule has 1 N–H and O–H groups in total. The van der Waals surface area contributed by atoms with Crippen LogP contribution in [0.25, 0.3) is 78.3 Å². The van der Waals surface area contributed by atoms with E-state index in [1.54, 1.807) is 0 Å². The molecule has 8 aromatic rings. The molecule has 2 saturated carbocycles. The maximum absolute atomic E-state index is 11.7. The van der Waals surface area contributed by atoms with Crippen LogP contribution in [0.15, 0.2) is 120 Å². The third-order valence-electron chi connectivity index (χ3n) is 17.8. The molecular weight excluding hydrogens is 1050 g/mol. The number of nitrogens with zero attached hydrogens (tertiary/aromatic N) is 2. The Labute approximate surface area is 437 Å². The Hall–Kier alpha value is -5.57. The number of aromatic nitrogens is 2. The van der Waals surface area contributed by atoms with Crippen LogP contribution in [0.2, 0.25) is 0 Å². The van der Waals surface area contributed by atoms with Gasteiger partial charge in [0.05, 0.1) is 11.1 Å². The first-order valence-corrected chi connectivity index (χ1v) is 26.1. The molecule has 2 heterocycles. The molecule has 366 valence electrons. The Morgan fingerprint density at radius 1 is 0.634 bits per heavy atom. The summed E-state index contributed by atoms with van der Waals surface area (Å²) in [5.74, 6) is 1.21. The van der Waals surface area contributed by atoms with Crippen LogP contribution in [0.3, 0.4) is 0 Å². The standard InChI is InChI=1S/C66H69N2O2.Pt/c1-40-14-22-50(41(2)34-40)47-19-23-51(42(3)35-47)53-39-56-59(60-61(53)70-62(68-60)52-24-21-49(38-58(52)69)63(4,5)6)54-36-48(20-25-55(54)64(7,8)65(56,9)10)57-37-46(28-33-67-57)44-17-15-43(16-18-44)45-26-31-66(32-27-45)29-12-11-13-30-66;/h14-25,28,33-35,37-39,45,69H,11-13,26-27,29-32H2,1-10H3;/q-1;. The van der Waals surface area contributed by atoms with E-state index >= 15 is 0 Å². The molecule has 0 aliphatic heterocycles. The van der Waals surface area contributed by atoms with Gasteiger partial charge in [0.2, 0.25) is 5.89 Å². The molecule has 6 aromatic carbocycles. The van der Waals surface area contributed by atoms with Crippen LogP contribution >= 0.6 is 0 Å². The van der Waals surface area contributed by atoms with E-state index in [-0.39, 0.29) is 43.1 Å². The van der Waals surface area contributed by atoms with Crippen molar-refractivity contribution < 1.29 is 30.6 Å². The molecule has 2 fully saturated rings. The SMILES string of the molecule is Cc1ccc(-c2ccc(-c3cc4c(c5nc(-c6ccc(C(C)(C)C)cc6O)oc35)-c3[c-]c(-c5cc(-c6ccc(C7CCC8(CCCCC8)CC7)cc6)ccn5)ccc3C(C)(C)C4(C)C)c(C)c2)c(C)c1.[Pt]. The minimum absolute atomic E-state index is 0. The van der Waals surface area contributed by atoms with Crippen molar-refractivity contribution in [2.45, 2.75) is 149 Å². The fourth-order valence-corrected chi connectivity index (χ4v) is 12.7. The number of hydrogen-bond acceptors (Lipinski definition) is 4. The average molecular weight is 1120 g/mol. The van der Waals surface area contributed by atoms with E-state index in [0.717, 1.165) is 55.7 Å². The molecule has 3 aliphatic rings. The normalized spacial score (nSPS) is 17.2. The largest absolute Gasteiger partial charge is 0.507 e. The number of phenols is 1. The average Bonchev–Trinajstić information content (AvgIpc) is 3.79. The molecule has 0 bridgehead atoms. The van der Waals surface area contributed by atoms with Gasteiger partial charge in [0, 0.05) is 38.5 Å². The minimum atomic E-state index is -0.324. The summed E-state index contributed by atoms with van der Waals surface area (Å²) in [4.78, 5) is 10.4. The fourth-order valence-electron chi connectivity index (χ4n) is 12.7. The summed E-state index contributed by atoms with van der Waals surface area (Å²) in [6, 6.07) is 43.9. The van der Waals surface area contributed by atoms with Gasteiger partial charge in [-0.3, -0.25) is 4.98 Å². The van der Waals surface area contributed by atoms with Crippen LogP contribution in [0.5, 0.6) is 5.75 Å². The zero-order chi connectivity index (χ0) is 48.9. The second-order valence-corrected chi connectivity index (χ2v) is 23.7. The molecule has 3 aliphatic carbocycles. The molecule has 1 spiro atoms. The van der Waals surface area contributed by atoms with Crippen molar-refractivity contribution in [1.29, 1.82) is 0 Å². The molecule has 0 radical (unpaired) electrons. The second kappa shape index (κ2) is 18.2. The zero-order valence-electron chi connectivity index (χ0n) is 43.5. The third kappa shape index (κ3) is 8.54. The van der Waals surface area contributed by atoms with E-state index in [0.29, 0.717) is 28.4 Å². The van der Waals surface area contributed by atoms with Gasteiger partial charge in [0.15, 0.2) is 5.58 Å². The first-order chi connectivity index (χ1) is 33.4. The Kier molecular flexibility index (Phi) is 12.5. The van der Waals surface area contributed by atoms with Crippen molar-refractivity contribution in [1.82, 2.24) is 9.97 Å². The summed E-state index contributed by atoms with van der Waals surface area (Å²) in [6.45, 7) is 22.5. The number of benzene rings is 6. The van der Waals surface area contributed by atoms with Gasteiger partial charge in [-0.2, -0.15) is 0 Å². The van der Waals surface area contributed by atoms with Gasteiger partial charge in [-0.1, -0.05) is 163 Å². The van der Waals surface area contributed by atoms with E-state index in [4.69, 9.17) is 14.4 Å². The summed E-state index contributed by atoms with van der Waals surface area (Å²) in [6.07, 6.45) is 14.5. The van der Waals surface area contributed by atoms with Gasteiger partial charge in [-0.05, 0) is 161 Å². The molecule has 4 nitrogen and oxygen atoms in total. The van der Waals surface area contributed by atoms with Crippen molar-refractivity contribution in [2.24, 2.45) is 5.41 Å². The maximum Gasteiger partial charge on any atom is 0.230 e. The summed E-state index contributed by atoms with van der Waals surface area (Å²) in [5.41, 5.74) is 21.3. The first-order valence-electron chi connectivity index (χ1n) is 26.1. The van der Waals surface area contributed by atoms with Gasteiger partial charge in [0.25, 0.3) is 0 Å². The van der Waals surface area contributed by atoms with Gasteiger partial charge < -0.3 is 9.52 Å². The third-order valence-corrected chi connectivity index (χ3v) is 17.8. The summed E-state index contributed by atoms with van der Waals surface area (Å²) < 4.78 is 7.01. The number of fused-ring (bicyclic) bond motifs is 5. The number of pyridine rings is 1. The van der Waals surface area contributed by atoms with E-state index < -0.39 is 0 Å². The van der Waals surface area contributed by atoms with Gasteiger partial charge >= 0.3 is 0 Å². The first kappa shape index (κ1) is 49.0. The van der Waals surface area contributed by atoms with E-state index in [9.17, 15) is 5.11 Å². The molecule has 0 saturated heterocycles. The van der Waals surface area contributed by atoms with Gasteiger partial charge in [0.1, 0.15) is 5.75 Å².